The second kappa shape index (κ2) is 13.4. The van der Waals surface area contributed by atoms with Crippen molar-refractivity contribution in [1.82, 2.24) is 4.98 Å². The van der Waals surface area contributed by atoms with Crippen molar-refractivity contribution in [3.05, 3.63) is 78.7 Å². The van der Waals surface area contributed by atoms with Gasteiger partial charge >= 0.3 is 0 Å². The molecule has 0 bridgehead atoms. The van der Waals surface area contributed by atoms with Crippen LogP contribution in [0.1, 0.15) is 53.4 Å². The van der Waals surface area contributed by atoms with Gasteiger partial charge in [-0.3, -0.25) is 4.79 Å². The zero-order valence-electron chi connectivity index (χ0n) is 25.4. The molecule has 0 saturated carbocycles. The first-order valence-electron chi connectivity index (χ1n) is 15.0. The molecule has 1 radical (unpaired) electrons. The molecule has 3 aromatic carbocycles. The molecule has 2 aliphatic heterocycles. The van der Waals surface area contributed by atoms with E-state index in [4.69, 9.17) is 4.98 Å². The number of carbonyl (C=O) groups is 1. The number of pyridine rings is 1. The molecule has 1 N–H and O–H groups in total. The number of hydrogen-bond donors (Lipinski definition) is 1. The van der Waals surface area contributed by atoms with Crippen LogP contribution in [-0.4, -0.2) is 23.9 Å². The second-order valence-electron chi connectivity index (χ2n) is 11.6. The van der Waals surface area contributed by atoms with E-state index in [0.29, 0.717) is 0 Å². The van der Waals surface area contributed by atoms with Crippen molar-refractivity contribution in [1.29, 1.82) is 0 Å². The maximum absolute atomic E-state index is 11.7. The molecule has 0 atom stereocenters. The Bertz CT molecular complexity index is 1640. The summed E-state index contributed by atoms with van der Waals surface area (Å²) in [6.45, 7) is 13.0. The Hall–Kier alpha value is -2.50. The minimum absolute atomic E-state index is 0. The number of benzene rings is 3. The summed E-state index contributed by atoms with van der Waals surface area (Å²) in [5.74, 6) is 0.547. The Morgan fingerprint density at radius 2 is 1.60 bits per heavy atom. The van der Waals surface area contributed by atoms with Gasteiger partial charge in [0.25, 0.3) is 0 Å². The molecule has 0 fully saturated rings. The van der Waals surface area contributed by atoms with Crippen LogP contribution in [0.15, 0.2) is 82.4 Å². The first-order valence-corrected chi connectivity index (χ1v) is 18.8. The van der Waals surface area contributed by atoms with E-state index in [2.05, 4.69) is 73.8 Å². The van der Waals surface area contributed by atoms with Crippen LogP contribution in [-0.2, 0) is 24.9 Å². The van der Waals surface area contributed by atoms with Gasteiger partial charge in [-0.1, -0.05) is 99.7 Å². The third-order valence-electron chi connectivity index (χ3n) is 8.90. The molecule has 2 aliphatic rings. The van der Waals surface area contributed by atoms with Gasteiger partial charge < -0.3 is 10.1 Å². The number of carbonyl (C=O) groups excluding carboxylic acids is 1. The molecule has 3 nitrogen and oxygen atoms in total. The molecular weight excluding hydrogens is 731 g/mol. The number of aliphatic hydroxyl groups excluding tert-OH is 1. The Morgan fingerprint density at radius 1 is 0.929 bits per heavy atom. The Kier molecular flexibility index (Phi) is 10.4. The summed E-state index contributed by atoms with van der Waals surface area (Å²) < 4.78 is 0. The number of fused-ring (bicyclic) bond motifs is 4. The average Bonchev–Trinajstić information content (AvgIpc) is 3.12. The molecule has 3 heterocycles. The molecule has 42 heavy (non-hydrogen) atoms. The van der Waals surface area contributed by atoms with Crippen LogP contribution in [0.5, 0.6) is 0 Å². The Labute approximate surface area is 269 Å². The minimum atomic E-state index is -1.66. The summed E-state index contributed by atoms with van der Waals surface area (Å²) in [5.41, 5.74) is 5.10. The van der Waals surface area contributed by atoms with E-state index in [-0.39, 0.29) is 43.5 Å². The first-order chi connectivity index (χ1) is 19.8. The topological polar surface area (TPSA) is 50.2 Å². The number of hydrogen-bond acceptors (Lipinski definition) is 4. The van der Waals surface area contributed by atoms with Crippen LogP contribution in [0.25, 0.3) is 33.2 Å². The molecule has 6 heteroatoms. The van der Waals surface area contributed by atoms with Gasteiger partial charge in [-0.25, -0.2) is 0 Å². The molecule has 0 saturated heterocycles. The molecule has 0 amide bonds. The quantitative estimate of drug-likeness (QED) is 0.0779. The van der Waals surface area contributed by atoms with Crippen molar-refractivity contribution >= 4 is 46.8 Å². The molecule has 1 aromatic heterocycles. The maximum Gasteiger partial charge on any atom is 0.162 e. The van der Waals surface area contributed by atoms with Crippen molar-refractivity contribution < 1.29 is 30.0 Å². The van der Waals surface area contributed by atoms with Gasteiger partial charge in [0.1, 0.15) is 0 Å². The van der Waals surface area contributed by atoms with Crippen LogP contribution in [0.2, 0.25) is 13.1 Å². The van der Waals surface area contributed by atoms with Crippen LogP contribution in [0.4, 0.5) is 0 Å². The summed E-state index contributed by atoms with van der Waals surface area (Å²) in [6.07, 6.45) is 6.92. The second-order valence-corrected chi connectivity index (χ2v) is 16.9. The Balaban J connectivity index is 0.000000221. The number of aliphatic hydroxyl groups is 1. The first kappa shape index (κ1) is 32.4. The van der Waals surface area contributed by atoms with Gasteiger partial charge in [0.2, 0.25) is 0 Å². The summed E-state index contributed by atoms with van der Waals surface area (Å²) >= 11 is 1.88. The predicted octanol–water partition coefficient (Wildman–Crippen LogP) is 8.84. The number of nitrogens with zero attached hydrogens (tertiary/aromatic N) is 1. The maximum atomic E-state index is 11.7. The summed E-state index contributed by atoms with van der Waals surface area (Å²) in [4.78, 5) is 19.2. The van der Waals surface area contributed by atoms with Gasteiger partial charge in [-0.2, -0.15) is 0 Å². The van der Waals surface area contributed by atoms with E-state index in [1.54, 1.807) is 5.19 Å². The minimum Gasteiger partial charge on any atom is -0.512 e. The van der Waals surface area contributed by atoms with Crippen LogP contribution >= 0.6 is 11.8 Å². The largest absolute Gasteiger partial charge is 0.512 e. The zero-order chi connectivity index (χ0) is 29.3. The number of aromatic nitrogens is 1. The number of ketones is 1. The van der Waals surface area contributed by atoms with Crippen LogP contribution in [0.3, 0.4) is 0 Å². The fraction of sp³-hybridized carbons (Fsp3) is 0.333. The van der Waals surface area contributed by atoms with E-state index in [1.807, 2.05) is 45.7 Å². The summed E-state index contributed by atoms with van der Waals surface area (Å²) in [6, 6.07) is 23.4. The summed E-state index contributed by atoms with van der Waals surface area (Å²) in [5, 5.41) is 15.3. The normalized spacial score (nSPS) is 14.0. The van der Waals surface area contributed by atoms with E-state index >= 15 is 0 Å². The van der Waals surface area contributed by atoms with Gasteiger partial charge in [0.15, 0.2) is 5.78 Å². The monoisotopic (exact) mass is 771 g/mol. The predicted molar refractivity (Wildman–Crippen MR) is 176 cm³/mol. The Morgan fingerprint density at radius 3 is 2.29 bits per heavy atom. The van der Waals surface area contributed by atoms with Crippen LogP contribution in [0, 0.1) is 17.9 Å². The SMILES string of the molecule is CCC(CC)C(=O)/C=C(\O)C(CC)CC.C[Si]1(C)c2cc[c-]c3c2-c2c(cccc21)Sc1c-3ncc2ccccc12.[Ir]. The van der Waals surface area contributed by atoms with Crippen LogP contribution < -0.4 is 10.4 Å². The van der Waals surface area contributed by atoms with Crippen molar-refractivity contribution in [2.75, 3.05) is 0 Å². The summed E-state index contributed by atoms with van der Waals surface area (Å²) in [7, 11) is -1.66. The van der Waals surface area contributed by atoms with Crippen molar-refractivity contribution in [2.24, 2.45) is 11.8 Å². The van der Waals surface area contributed by atoms with Gasteiger partial charge in [-0.05, 0) is 48.1 Å². The van der Waals surface area contributed by atoms with E-state index in [1.165, 1.54) is 48.5 Å². The standard InChI is InChI=1S/C23H16NSSi.C13H24O2.Ir/c1-26(2)18-11-5-9-16-20(18)21-17(10-6-12-19(21)26)25-23-15-8-4-3-7-14(15)13-24-22(16)23;1-5-10(6-2)12(14)9-13(15)11(7-3)8-4;/h3-8,10-13H,1-2H3;9-11,14H,5-8H2,1-4H3;/q-1;;/b;12-9-;. The van der Waals surface area contributed by atoms with E-state index in [0.717, 1.165) is 31.4 Å². The molecule has 0 aliphatic carbocycles. The third-order valence-corrected chi connectivity index (χ3v) is 13.6. The fourth-order valence-electron chi connectivity index (χ4n) is 6.31. The number of rotatable bonds is 7. The molecule has 4 aromatic rings. The van der Waals surface area contributed by atoms with Gasteiger partial charge in [-0.15, -0.1) is 28.9 Å². The zero-order valence-corrected chi connectivity index (χ0v) is 29.6. The van der Waals surface area contributed by atoms with Gasteiger partial charge in [0.05, 0.1) is 13.8 Å². The fourth-order valence-corrected chi connectivity index (χ4v) is 10.7. The van der Waals surface area contributed by atoms with Crippen molar-refractivity contribution in [3.63, 3.8) is 0 Å². The molecule has 0 unspecified atom stereocenters. The molecular formula is C36H40IrNO2SSi-. The smallest absolute Gasteiger partial charge is 0.162 e. The van der Waals surface area contributed by atoms with E-state index in [9.17, 15) is 9.90 Å². The molecule has 6 rings (SSSR count). The average molecular weight is 771 g/mol. The van der Waals surface area contributed by atoms with Crippen molar-refractivity contribution in [3.8, 4) is 22.4 Å². The van der Waals surface area contributed by atoms with Crippen molar-refractivity contribution in [2.45, 2.75) is 76.3 Å². The third kappa shape index (κ3) is 5.71. The van der Waals surface area contributed by atoms with E-state index < -0.39 is 8.07 Å². The van der Waals surface area contributed by atoms with Gasteiger partial charge in [0, 0.05) is 59.7 Å². The molecule has 0 spiro atoms. The number of allylic oxidation sites excluding steroid dienone is 2. The molecule has 221 valence electrons.